The first-order valence-electron chi connectivity index (χ1n) is 10.1. The standard InChI is InChI=1S/C21H28N4O2S/c1-16-21(28(22,26)27)12-20(24(16)14-17-8-4-2-5-9-17)18-13-23-25(15-18)19-10-6-3-7-11-19/h6,10-13,15,17H,2-5,7-9,14H2,1H3,(H2,22,26,27). The molecule has 0 bridgehead atoms. The molecule has 0 saturated heterocycles. The number of sulfonamides is 1. The van der Waals surface area contributed by atoms with Crippen molar-refractivity contribution in [1.29, 1.82) is 0 Å². The summed E-state index contributed by atoms with van der Waals surface area (Å²) < 4.78 is 28.2. The third kappa shape index (κ3) is 3.86. The van der Waals surface area contributed by atoms with E-state index in [1.807, 2.05) is 24.0 Å². The molecule has 150 valence electrons. The summed E-state index contributed by atoms with van der Waals surface area (Å²) in [5.74, 6) is 0.575. The molecule has 0 amide bonds. The fourth-order valence-electron chi connectivity index (χ4n) is 4.38. The summed E-state index contributed by atoms with van der Waals surface area (Å²) >= 11 is 0. The van der Waals surface area contributed by atoms with Crippen molar-refractivity contribution in [2.24, 2.45) is 11.1 Å². The number of aromatic nitrogens is 3. The topological polar surface area (TPSA) is 82.9 Å². The number of hydrogen-bond donors (Lipinski definition) is 1. The van der Waals surface area contributed by atoms with Crippen molar-refractivity contribution < 1.29 is 8.42 Å². The minimum Gasteiger partial charge on any atom is -0.343 e. The molecule has 7 heteroatoms. The van der Waals surface area contributed by atoms with Crippen LogP contribution in [-0.4, -0.2) is 22.8 Å². The van der Waals surface area contributed by atoms with Crippen LogP contribution in [0.1, 0.15) is 50.6 Å². The van der Waals surface area contributed by atoms with Gasteiger partial charge in [0.2, 0.25) is 10.0 Å². The van der Waals surface area contributed by atoms with E-state index in [0.717, 1.165) is 36.3 Å². The highest BCUT2D eigenvalue weighted by molar-refractivity contribution is 7.89. The Balaban J connectivity index is 1.74. The lowest BCUT2D eigenvalue weighted by Crippen LogP contribution is -2.17. The Morgan fingerprint density at radius 3 is 2.68 bits per heavy atom. The normalized spacial score (nSPS) is 18.4. The Labute approximate surface area is 166 Å². The Morgan fingerprint density at radius 2 is 2.00 bits per heavy atom. The Bertz CT molecular complexity index is 1020. The summed E-state index contributed by atoms with van der Waals surface area (Å²) in [6, 6.07) is 1.71. The molecule has 2 aromatic rings. The second kappa shape index (κ2) is 7.72. The number of hydrogen-bond acceptors (Lipinski definition) is 3. The molecular weight excluding hydrogens is 372 g/mol. The van der Waals surface area contributed by atoms with Crippen LogP contribution in [-0.2, 0) is 16.6 Å². The largest absolute Gasteiger partial charge is 0.343 e. The highest BCUT2D eigenvalue weighted by Gasteiger charge is 2.24. The van der Waals surface area contributed by atoms with Crippen molar-refractivity contribution in [3.05, 3.63) is 42.4 Å². The van der Waals surface area contributed by atoms with Gasteiger partial charge in [-0.05, 0) is 50.7 Å². The van der Waals surface area contributed by atoms with Gasteiger partial charge < -0.3 is 4.57 Å². The van der Waals surface area contributed by atoms with Gasteiger partial charge in [0.25, 0.3) is 0 Å². The maximum atomic E-state index is 12.1. The molecule has 0 unspecified atom stereocenters. The van der Waals surface area contributed by atoms with Crippen molar-refractivity contribution in [3.63, 3.8) is 0 Å². The van der Waals surface area contributed by atoms with Crippen LogP contribution in [0.4, 0.5) is 0 Å². The average Bonchev–Trinajstić information content (AvgIpc) is 3.29. The smallest absolute Gasteiger partial charge is 0.239 e. The van der Waals surface area contributed by atoms with E-state index in [1.54, 1.807) is 6.07 Å². The summed E-state index contributed by atoms with van der Waals surface area (Å²) in [6.45, 7) is 2.67. The molecule has 0 aromatic carbocycles. The van der Waals surface area contributed by atoms with Crippen molar-refractivity contribution >= 4 is 15.7 Å². The van der Waals surface area contributed by atoms with E-state index in [-0.39, 0.29) is 4.90 Å². The number of nitrogens with zero attached hydrogens (tertiary/aromatic N) is 3. The SMILES string of the molecule is Cc1c(S(N)(=O)=O)cc(-c2cnn(C3=CCCC=C3)c2)n1CC1CCCCC1. The first kappa shape index (κ1) is 19.2. The lowest BCUT2D eigenvalue weighted by molar-refractivity contribution is 0.318. The number of primary sulfonamides is 1. The Morgan fingerprint density at radius 1 is 1.21 bits per heavy atom. The van der Waals surface area contributed by atoms with Crippen LogP contribution in [0.5, 0.6) is 0 Å². The molecular formula is C21H28N4O2S. The molecule has 2 aliphatic carbocycles. The minimum absolute atomic E-state index is 0.211. The second-order valence-electron chi connectivity index (χ2n) is 7.92. The zero-order valence-electron chi connectivity index (χ0n) is 16.3. The van der Waals surface area contributed by atoms with Crippen molar-refractivity contribution in [2.45, 2.75) is 63.3 Å². The maximum absolute atomic E-state index is 12.1. The molecule has 1 saturated carbocycles. The molecule has 6 nitrogen and oxygen atoms in total. The van der Waals surface area contributed by atoms with Crippen LogP contribution in [0, 0.1) is 12.8 Å². The molecule has 0 aliphatic heterocycles. The molecule has 4 rings (SSSR count). The summed E-state index contributed by atoms with van der Waals surface area (Å²) in [5, 5.41) is 10.0. The summed E-state index contributed by atoms with van der Waals surface area (Å²) in [5.41, 5.74) is 3.55. The van der Waals surface area contributed by atoms with E-state index in [0.29, 0.717) is 11.6 Å². The van der Waals surface area contributed by atoms with Crippen LogP contribution in [0.15, 0.2) is 41.6 Å². The Kier molecular flexibility index (Phi) is 5.29. The van der Waals surface area contributed by atoms with Gasteiger partial charge in [0.15, 0.2) is 0 Å². The molecule has 2 aliphatic rings. The van der Waals surface area contributed by atoms with E-state index >= 15 is 0 Å². The predicted molar refractivity (Wildman–Crippen MR) is 111 cm³/mol. The van der Waals surface area contributed by atoms with E-state index < -0.39 is 10.0 Å². The van der Waals surface area contributed by atoms with Crippen molar-refractivity contribution in [3.8, 4) is 11.3 Å². The zero-order chi connectivity index (χ0) is 19.7. The average molecular weight is 401 g/mol. The molecule has 28 heavy (non-hydrogen) atoms. The van der Waals surface area contributed by atoms with Gasteiger partial charge in [-0.25, -0.2) is 18.2 Å². The van der Waals surface area contributed by atoms with Gasteiger partial charge in [-0.1, -0.05) is 31.4 Å². The van der Waals surface area contributed by atoms with Gasteiger partial charge in [0, 0.05) is 24.0 Å². The third-order valence-electron chi connectivity index (χ3n) is 5.91. The predicted octanol–water partition coefficient (Wildman–Crippen LogP) is 4.08. The number of allylic oxidation sites excluding steroid dienone is 4. The van der Waals surface area contributed by atoms with Gasteiger partial charge in [0.1, 0.15) is 4.90 Å². The fraction of sp³-hybridized carbons (Fsp3) is 0.476. The van der Waals surface area contributed by atoms with Crippen LogP contribution in [0.3, 0.4) is 0 Å². The molecule has 1 fully saturated rings. The summed E-state index contributed by atoms with van der Waals surface area (Å²) in [7, 11) is -3.77. The van der Waals surface area contributed by atoms with Gasteiger partial charge in [-0.2, -0.15) is 5.10 Å². The van der Waals surface area contributed by atoms with Crippen LogP contribution < -0.4 is 5.14 Å². The zero-order valence-corrected chi connectivity index (χ0v) is 17.2. The molecule has 2 aromatic heterocycles. The highest BCUT2D eigenvalue weighted by Crippen LogP contribution is 2.32. The van der Waals surface area contributed by atoms with Crippen LogP contribution in [0.2, 0.25) is 0 Å². The fourth-order valence-corrected chi connectivity index (χ4v) is 5.17. The van der Waals surface area contributed by atoms with Crippen molar-refractivity contribution in [2.75, 3.05) is 0 Å². The van der Waals surface area contributed by atoms with Crippen LogP contribution >= 0.6 is 0 Å². The minimum atomic E-state index is -3.77. The molecule has 2 heterocycles. The first-order chi connectivity index (χ1) is 13.4. The van der Waals surface area contributed by atoms with Gasteiger partial charge in [-0.3, -0.25) is 0 Å². The van der Waals surface area contributed by atoms with E-state index in [1.165, 1.54) is 32.1 Å². The van der Waals surface area contributed by atoms with Gasteiger partial charge in [-0.15, -0.1) is 0 Å². The highest BCUT2D eigenvalue weighted by atomic mass is 32.2. The number of nitrogens with two attached hydrogens (primary N) is 1. The van der Waals surface area contributed by atoms with E-state index in [9.17, 15) is 8.42 Å². The van der Waals surface area contributed by atoms with Crippen molar-refractivity contribution in [1.82, 2.24) is 14.3 Å². The lowest BCUT2D eigenvalue weighted by atomic mass is 9.89. The molecule has 2 N–H and O–H groups in total. The maximum Gasteiger partial charge on any atom is 0.239 e. The van der Waals surface area contributed by atoms with Crippen LogP contribution in [0.25, 0.3) is 17.0 Å². The monoisotopic (exact) mass is 400 g/mol. The van der Waals surface area contributed by atoms with Gasteiger partial charge in [0.05, 0.1) is 17.6 Å². The van der Waals surface area contributed by atoms with E-state index in [2.05, 4.69) is 27.9 Å². The third-order valence-corrected chi connectivity index (χ3v) is 6.94. The molecule has 0 atom stereocenters. The Hall–Kier alpha value is -2.12. The van der Waals surface area contributed by atoms with E-state index in [4.69, 9.17) is 5.14 Å². The second-order valence-corrected chi connectivity index (χ2v) is 9.45. The first-order valence-corrected chi connectivity index (χ1v) is 11.6. The summed E-state index contributed by atoms with van der Waals surface area (Å²) in [4.78, 5) is 0.211. The summed E-state index contributed by atoms with van der Waals surface area (Å²) in [6.07, 6.45) is 18.4. The number of rotatable bonds is 5. The van der Waals surface area contributed by atoms with Gasteiger partial charge >= 0.3 is 0 Å². The quantitative estimate of drug-likeness (QED) is 0.821. The lowest BCUT2D eigenvalue weighted by Gasteiger charge is -2.24. The molecule has 0 radical (unpaired) electrons. The molecule has 0 spiro atoms.